The molecule has 166 valence electrons. The molecule has 1 aliphatic rings. The van der Waals surface area contributed by atoms with Crippen molar-refractivity contribution in [3.63, 3.8) is 0 Å². The van der Waals surface area contributed by atoms with Gasteiger partial charge in [-0.3, -0.25) is 4.79 Å². The molecule has 0 bridgehead atoms. The summed E-state index contributed by atoms with van der Waals surface area (Å²) in [5, 5.41) is 0.743. The monoisotopic (exact) mass is 432 g/mol. The summed E-state index contributed by atoms with van der Waals surface area (Å²) in [7, 11) is 0. The Hall–Kier alpha value is -3.41. The molecule has 0 spiro atoms. The number of carbonyl (C=O) groups is 2. The van der Waals surface area contributed by atoms with E-state index >= 15 is 0 Å². The minimum Gasteiger partial charge on any atom is -0.465 e. The maximum atomic E-state index is 13.3. The average molecular weight is 433 g/mol. The number of allylic oxidation sites excluding steroid dienone is 1. The SMILES string of the molecule is CC(C)N(C(=O)COC(=O)c1c2c(nc3ccccc13)/C(=C/c1ccco1)CC2)C(C)C. The summed E-state index contributed by atoms with van der Waals surface area (Å²) >= 11 is 0. The van der Waals surface area contributed by atoms with Crippen LogP contribution in [-0.4, -0.2) is 40.5 Å². The third kappa shape index (κ3) is 4.17. The Kier molecular flexibility index (Phi) is 6.12. The lowest BCUT2D eigenvalue weighted by Gasteiger charge is -2.30. The Bertz CT molecular complexity index is 1170. The molecule has 2 aromatic heterocycles. The van der Waals surface area contributed by atoms with E-state index in [1.165, 1.54) is 0 Å². The molecule has 4 rings (SSSR count). The largest absolute Gasteiger partial charge is 0.465 e. The van der Waals surface area contributed by atoms with Crippen molar-refractivity contribution in [2.75, 3.05) is 6.61 Å². The first-order chi connectivity index (χ1) is 15.4. The number of nitrogens with zero attached hydrogens (tertiary/aromatic N) is 2. The molecule has 0 saturated carbocycles. The number of hydrogen-bond donors (Lipinski definition) is 0. The van der Waals surface area contributed by atoms with Crippen LogP contribution in [0.5, 0.6) is 0 Å². The fourth-order valence-electron chi connectivity index (χ4n) is 4.50. The summed E-state index contributed by atoms with van der Waals surface area (Å²) in [6.07, 6.45) is 5.04. The van der Waals surface area contributed by atoms with Gasteiger partial charge in [0.1, 0.15) is 5.76 Å². The van der Waals surface area contributed by atoms with Gasteiger partial charge in [-0.05, 0) is 75.9 Å². The Morgan fingerprint density at radius 2 is 1.84 bits per heavy atom. The first-order valence-electron chi connectivity index (χ1n) is 11.0. The highest BCUT2D eigenvalue weighted by molar-refractivity contribution is 6.07. The van der Waals surface area contributed by atoms with Crippen molar-refractivity contribution in [3.05, 3.63) is 65.2 Å². The molecule has 1 aliphatic carbocycles. The van der Waals surface area contributed by atoms with E-state index in [1.807, 2.05) is 70.2 Å². The number of esters is 1. The normalized spacial score (nSPS) is 14.4. The molecule has 32 heavy (non-hydrogen) atoms. The summed E-state index contributed by atoms with van der Waals surface area (Å²) in [4.78, 5) is 32.5. The van der Waals surface area contributed by atoms with E-state index in [0.717, 1.165) is 39.9 Å². The highest BCUT2D eigenvalue weighted by atomic mass is 16.5. The topological polar surface area (TPSA) is 72.6 Å². The minimum atomic E-state index is -0.486. The van der Waals surface area contributed by atoms with Crippen LogP contribution >= 0.6 is 0 Å². The van der Waals surface area contributed by atoms with Gasteiger partial charge in [0.15, 0.2) is 6.61 Å². The Morgan fingerprint density at radius 3 is 2.53 bits per heavy atom. The van der Waals surface area contributed by atoms with E-state index in [1.54, 1.807) is 11.2 Å². The third-order valence-electron chi connectivity index (χ3n) is 5.73. The van der Waals surface area contributed by atoms with Gasteiger partial charge in [0.25, 0.3) is 5.91 Å². The number of hydrogen-bond acceptors (Lipinski definition) is 5. The van der Waals surface area contributed by atoms with E-state index in [0.29, 0.717) is 12.0 Å². The lowest BCUT2D eigenvalue weighted by Crippen LogP contribution is -2.44. The van der Waals surface area contributed by atoms with Crippen LogP contribution in [0.25, 0.3) is 22.6 Å². The van der Waals surface area contributed by atoms with Gasteiger partial charge >= 0.3 is 5.97 Å². The van der Waals surface area contributed by atoms with Crippen LogP contribution in [-0.2, 0) is 16.0 Å². The summed E-state index contributed by atoms with van der Waals surface area (Å²) < 4.78 is 11.0. The van der Waals surface area contributed by atoms with Crippen LogP contribution in [0, 0.1) is 0 Å². The Labute approximate surface area is 187 Å². The van der Waals surface area contributed by atoms with Gasteiger partial charge in [-0.15, -0.1) is 0 Å². The van der Waals surface area contributed by atoms with Crippen LogP contribution in [0.1, 0.15) is 61.5 Å². The molecule has 0 N–H and O–H groups in total. The summed E-state index contributed by atoms with van der Waals surface area (Å²) in [6, 6.07) is 11.3. The molecule has 1 aromatic carbocycles. The smallest absolute Gasteiger partial charge is 0.339 e. The predicted molar refractivity (Wildman–Crippen MR) is 124 cm³/mol. The molecule has 0 atom stereocenters. The van der Waals surface area contributed by atoms with Crippen LogP contribution in [0.4, 0.5) is 0 Å². The molecule has 0 radical (unpaired) electrons. The van der Waals surface area contributed by atoms with Gasteiger partial charge in [-0.1, -0.05) is 18.2 Å². The van der Waals surface area contributed by atoms with Crippen molar-refractivity contribution in [2.45, 2.75) is 52.6 Å². The second-order valence-electron chi connectivity index (χ2n) is 8.58. The number of pyridine rings is 1. The zero-order chi connectivity index (χ0) is 22.8. The molecule has 0 unspecified atom stereocenters. The average Bonchev–Trinajstić information content (AvgIpc) is 3.40. The molecule has 6 nitrogen and oxygen atoms in total. The fourth-order valence-corrected chi connectivity index (χ4v) is 4.50. The lowest BCUT2D eigenvalue weighted by atomic mass is 10.0. The zero-order valence-corrected chi connectivity index (χ0v) is 18.9. The zero-order valence-electron chi connectivity index (χ0n) is 18.9. The number of rotatable bonds is 6. The third-order valence-corrected chi connectivity index (χ3v) is 5.73. The number of amides is 1. The van der Waals surface area contributed by atoms with Crippen LogP contribution in [0.2, 0.25) is 0 Å². The van der Waals surface area contributed by atoms with Crippen LogP contribution < -0.4 is 0 Å². The number of ether oxygens (including phenoxy) is 1. The van der Waals surface area contributed by atoms with E-state index in [4.69, 9.17) is 14.1 Å². The minimum absolute atomic E-state index is 0.0292. The molecule has 6 heteroatoms. The molecular formula is C26H28N2O4. The Balaban J connectivity index is 1.68. The second-order valence-corrected chi connectivity index (χ2v) is 8.58. The maximum Gasteiger partial charge on any atom is 0.339 e. The quantitative estimate of drug-likeness (QED) is 0.506. The van der Waals surface area contributed by atoms with Crippen molar-refractivity contribution in [1.29, 1.82) is 0 Å². The molecule has 3 aromatic rings. The standard InChI is InChI=1S/C26H28N2O4/c1-16(2)28(17(3)4)23(29)15-32-26(30)24-20-9-5-6-10-22(20)27-25-18(11-12-21(24)25)14-19-8-7-13-31-19/h5-10,13-14,16-17H,11-12,15H2,1-4H3/b18-14+. The molecule has 1 amide bonds. The number of aromatic nitrogens is 1. The molecule has 0 fully saturated rings. The van der Waals surface area contributed by atoms with Gasteiger partial charge in [0.05, 0.1) is 23.0 Å². The first kappa shape index (κ1) is 21.8. The van der Waals surface area contributed by atoms with Gasteiger partial charge < -0.3 is 14.1 Å². The van der Waals surface area contributed by atoms with Crippen LogP contribution in [0.15, 0.2) is 47.1 Å². The van der Waals surface area contributed by atoms with Gasteiger partial charge in [0.2, 0.25) is 0 Å². The second kappa shape index (κ2) is 8.99. The van der Waals surface area contributed by atoms with Crippen molar-refractivity contribution in [1.82, 2.24) is 9.88 Å². The highest BCUT2D eigenvalue weighted by Crippen LogP contribution is 2.37. The van der Waals surface area contributed by atoms with E-state index in [9.17, 15) is 9.59 Å². The fraction of sp³-hybridized carbons (Fsp3) is 0.346. The first-order valence-corrected chi connectivity index (χ1v) is 11.0. The van der Waals surface area contributed by atoms with E-state index in [2.05, 4.69) is 0 Å². The number of para-hydroxylation sites is 1. The van der Waals surface area contributed by atoms with Crippen molar-refractivity contribution < 1.29 is 18.7 Å². The van der Waals surface area contributed by atoms with Gasteiger partial charge in [-0.25, -0.2) is 9.78 Å². The lowest BCUT2D eigenvalue weighted by molar-refractivity contribution is -0.138. The molecule has 0 aliphatic heterocycles. The van der Waals surface area contributed by atoms with E-state index < -0.39 is 5.97 Å². The molecule has 2 heterocycles. The summed E-state index contributed by atoms with van der Waals surface area (Å²) in [6.45, 7) is 7.53. The highest BCUT2D eigenvalue weighted by Gasteiger charge is 2.29. The number of carbonyl (C=O) groups excluding carboxylic acids is 2. The van der Waals surface area contributed by atoms with Crippen molar-refractivity contribution in [3.8, 4) is 0 Å². The van der Waals surface area contributed by atoms with Gasteiger partial charge in [-0.2, -0.15) is 0 Å². The summed E-state index contributed by atoms with van der Waals surface area (Å²) in [5.74, 6) is 0.0664. The van der Waals surface area contributed by atoms with Crippen molar-refractivity contribution in [2.24, 2.45) is 0 Å². The van der Waals surface area contributed by atoms with Crippen molar-refractivity contribution >= 4 is 34.4 Å². The maximum absolute atomic E-state index is 13.3. The molecular weight excluding hydrogens is 404 g/mol. The van der Waals surface area contributed by atoms with E-state index in [-0.39, 0.29) is 24.6 Å². The number of fused-ring (bicyclic) bond motifs is 2. The predicted octanol–water partition coefficient (Wildman–Crippen LogP) is 5.12. The van der Waals surface area contributed by atoms with Crippen LogP contribution in [0.3, 0.4) is 0 Å². The van der Waals surface area contributed by atoms with Gasteiger partial charge in [0, 0.05) is 17.5 Å². The Morgan fingerprint density at radius 1 is 1.09 bits per heavy atom. The number of furan rings is 1. The summed E-state index contributed by atoms with van der Waals surface area (Å²) in [5.41, 5.74) is 3.91. The molecule has 0 saturated heterocycles. The number of benzene rings is 1.